The number of benzene rings is 1. The van der Waals surface area contributed by atoms with Crippen molar-refractivity contribution in [2.24, 2.45) is 0 Å². The van der Waals surface area contributed by atoms with Gasteiger partial charge in [0, 0.05) is 30.3 Å². The first-order valence-corrected chi connectivity index (χ1v) is 9.73. The molecular formula is C20H24F3N3O3. The zero-order valence-electron chi connectivity index (χ0n) is 16.3. The van der Waals surface area contributed by atoms with Crippen LogP contribution < -0.4 is 10.1 Å². The average molecular weight is 411 g/mol. The smallest absolute Gasteiger partial charge is 0.418 e. The summed E-state index contributed by atoms with van der Waals surface area (Å²) in [4.78, 5) is 11.7. The van der Waals surface area contributed by atoms with Gasteiger partial charge >= 0.3 is 6.18 Å². The molecule has 6 nitrogen and oxygen atoms in total. The van der Waals surface area contributed by atoms with Gasteiger partial charge < -0.3 is 15.2 Å². The summed E-state index contributed by atoms with van der Waals surface area (Å²) in [5.41, 5.74) is -1.67. The normalized spacial score (nSPS) is 30.4. The van der Waals surface area contributed by atoms with Gasteiger partial charge in [-0.1, -0.05) is 0 Å². The third-order valence-corrected chi connectivity index (χ3v) is 5.64. The molecule has 1 aliphatic carbocycles. The minimum atomic E-state index is -4.57. The largest absolute Gasteiger partial charge is 0.492 e. The molecule has 9 heteroatoms. The summed E-state index contributed by atoms with van der Waals surface area (Å²) in [7, 11) is 0. The maximum Gasteiger partial charge on any atom is 0.418 e. The number of ketones is 1. The molecular weight excluding hydrogens is 387 g/mol. The van der Waals surface area contributed by atoms with Crippen LogP contribution in [-0.4, -0.2) is 45.0 Å². The predicted molar refractivity (Wildman–Crippen MR) is 99.8 cm³/mol. The molecule has 2 aromatic rings. The second kappa shape index (κ2) is 6.98. The van der Waals surface area contributed by atoms with Crippen LogP contribution in [0.3, 0.4) is 0 Å². The number of carbonyl (C=O) groups excluding carboxylic acids is 1. The van der Waals surface area contributed by atoms with E-state index < -0.39 is 17.3 Å². The van der Waals surface area contributed by atoms with Crippen molar-refractivity contribution in [2.45, 2.75) is 69.4 Å². The highest BCUT2D eigenvalue weighted by Gasteiger charge is 2.42. The van der Waals surface area contributed by atoms with E-state index in [9.17, 15) is 23.1 Å². The number of hydrogen-bond donors (Lipinski definition) is 2. The number of nitrogens with one attached hydrogen (secondary N) is 1. The van der Waals surface area contributed by atoms with E-state index in [0.29, 0.717) is 31.1 Å². The second-order valence-electron chi connectivity index (χ2n) is 8.58. The Morgan fingerprint density at radius 3 is 2.69 bits per heavy atom. The first kappa shape index (κ1) is 20.2. The molecule has 0 radical (unpaired) electrons. The van der Waals surface area contributed by atoms with Gasteiger partial charge in [0.15, 0.2) is 0 Å². The molecule has 2 fully saturated rings. The Bertz CT molecular complexity index is 930. The van der Waals surface area contributed by atoms with E-state index in [2.05, 4.69) is 10.4 Å². The molecule has 29 heavy (non-hydrogen) atoms. The number of piperidine rings is 1. The van der Waals surface area contributed by atoms with Gasteiger partial charge in [-0.05, 0) is 38.8 Å². The van der Waals surface area contributed by atoms with Crippen LogP contribution in [0.4, 0.5) is 13.2 Å². The van der Waals surface area contributed by atoms with Crippen LogP contribution in [-0.2, 0) is 11.0 Å². The fraction of sp³-hybridized carbons (Fsp3) is 0.600. The van der Waals surface area contributed by atoms with Crippen molar-refractivity contribution in [1.82, 2.24) is 15.1 Å². The van der Waals surface area contributed by atoms with Crippen molar-refractivity contribution >= 4 is 16.7 Å². The fourth-order valence-electron chi connectivity index (χ4n) is 4.39. The van der Waals surface area contributed by atoms with Crippen LogP contribution in [0, 0.1) is 0 Å². The van der Waals surface area contributed by atoms with Crippen molar-refractivity contribution in [3.05, 3.63) is 23.9 Å². The van der Waals surface area contributed by atoms with Crippen molar-refractivity contribution in [3.63, 3.8) is 0 Å². The number of ether oxygens (including phenoxy) is 1. The number of fused-ring (bicyclic) bond motifs is 1. The van der Waals surface area contributed by atoms with Gasteiger partial charge in [-0.2, -0.15) is 18.3 Å². The standard InChI is InChI=1S/C20H24F3N3O3/c1-11-3-15(27)5-13(25-11)10-29-16-4-12-9-24-26(14-7-19(2,28)8-14)18(12)17(6-16)20(21,22)23/h4,6,9,11,13-14,25,28H,3,5,7-8,10H2,1-2H3/t11-,13-,14?,19?/m0/s1. The Morgan fingerprint density at radius 1 is 1.34 bits per heavy atom. The minimum absolute atomic E-state index is 0.00458. The highest BCUT2D eigenvalue weighted by atomic mass is 19.4. The summed E-state index contributed by atoms with van der Waals surface area (Å²) < 4.78 is 48.4. The molecule has 2 N–H and O–H groups in total. The molecule has 4 rings (SSSR count). The maximum absolute atomic E-state index is 13.8. The van der Waals surface area contributed by atoms with E-state index >= 15 is 0 Å². The molecule has 1 aliphatic heterocycles. The van der Waals surface area contributed by atoms with Gasteiger partial charge in [0.05, 0.1) is 28.9 Å². The molecule has 1 aromatic heterocycles. The van der Waals surface area contributed by atoms with Crippen LogP contribution in [0.1, 0.15) is 51.1 Å². The van der Waals surface area contributed by atoms with Crippen LogP contribution in [0.5, 0.6) is 5.75 Å². The SMILES string of the molecule is C[C@H]1CC(=O)C[C@@H](COc2cc(C(F)(F)F)c3c(cnn3C3CC(C)(O)C3)c2)N1. The van der Waals surface area contributed by atoms with E-state index in [1.807, 2.05) is 6.92 Å². The number of rotatable bonds is 4. The molecule has 1 saturated heterocycles. The van der Waals surface area contributed by atoms with Crippen molar-refractivity contribution in [2.75, 3.05) is 6.61 Å². The topological polar surface area (TPSA) is 76.4 Å². The zero-order valence-corrected chi connectivity index (χ0v) is 16.3. The lowest BCUT2D eigenvalue weighted by Gasteiger charge is -2.41. The Labute approximate surface area is 166 Å². The third kappa shape index (κ3) is 4.11. The van der Waals surface area contributed by atoms with E-state index in [-0.39, 0.29) is 41.8 Å². The average Bonchev–Trinajstić information content (AvgIpc) is 2.99. The number of nitrogens with zero attached hydrogens (tertiary/aromatic N) is 2. The molecule has 2 atom stereocenters. The lowest BCUT2D eigenvalue weighted by Crippen LogP contribution is -2.47. The fourth-order valence-corrected chi connectivity index (χ4v) is 4.39. The van der Waals surface area contributed by atoms with Gasteiger partial charge in [0.1, 0.15) is 18.1 Å². The summed E-state index contributed by atoms with van der Waals surface area (Å²) in [6, 6.07) is 2.06. The molecule has 1 aromatic carbocycles. The highest BCUT2D eigenvalue weighted by molar-refractivity contribution is 5.84. The van der Waals surface area contributed by atoms with Gasteiger partial charge in [0.25, 0.3) is 0 Å². The molecule has 2 heterocycles. The Hall–Kier alpha value is -2.13. The third-order valence-electron chi connectivity index (χ3n) is 5.64. The lowest BCUT2D eigenvalue weighted by atomic mass is 9.77. The van der Waals surface area contributed by atoms with Crippen LogP contribution >= 0.6 is 0 Å². The van der Waals surface area contributed by atoms with Crippen molar-refractivity contribution in [3.8, 4) is 5.75 Å². The molecule has 1 saturated carbocycles. The summed E-state index contributed by atoms with van der Waals surface area (Å²) >= 11 is 0. The molecule has 0 bridgehead atoms. The molecule has 0 amide bonds. The van der Waals surface area contributed by atoms with Gasteiger partial charge in [-0.3, -0.25) is 9.48 Å². The van der Waals surface area contributed by atoms with Crippen molar-refractivity contribution in [1.29, 1.82) is 0 Å². The molecule has 0 unspecified atom stereocenters. The number of Topliss-reactive ketones (excluding diaryl/α,β-unsaturated/α-hetero) is 1. The van der Waals surface area contributed by atoms with E-state index in [4.69, 9.17) is 4.74 Å². The number of halogens is 3. The summed E-state index contributed by atoms with van der Waals surface area (Å²) in [5.74, 6) is 0.214. The zero-order chi connectivity index (χ0) is 21.0. The van der Waals surface area contributed by atoms with Crippen LogP contribution in [0.25, 0.3) is 10.9 Å². The van der Waals surface area contributed by atoms with Crippen LogP contribution in [0.2, 0.25) is 0 Å². The van der Waals surface area contributed by atoms with Gasteiger partial charge in [0.2, 0.25) is 0 Å². The summed E-state index contributed by atoms with van der Waals surface area (Å²) in [5, 5.41) is 17.7. The number of aliphatic hydroxyl groups is 1. The molecule has 158 valence electrons. The molecule has 2 aliphatic rings. The van der Waals surface area contributed by atoms with Crippen molar-refractivity contribution < 1.29 is 27.8 Å². The molecule has 0 spiro atoms. The summed E-state index contributed by atoms with van der Waals surface area (Å²) in [6.45, 7) is 3.67. The Morgan fingerprint density at radius 2 is 2.07 bits per heavy atom. The summed E-state index contributed by atoms with van der Waals surface area (Å²) in [6.07, 6.45) is -1.70. The number of carbonyl (C=O) groups is 1. The Balaban J connectivity index is 1.61. The maximum atomic E-state index is 13.8. The first-order chi connectivity index (χ1) is 13.5. The van der Waals surface area contributed by atoms with Gasteiger partial charge in [-0.25, -0.2) is 0 Å². The number of hydrogen-bond acceptors (Lipinski definition) is 5. The Kier molecular flexibility index (Phi) is 4.85. The highest BCUT2D eigenvalue weighted by Crippen LogP contribution is 2.45. The number of aromatic nitrogens is 2. The first-order valence-electron chi connectivity index (χ1n) is 9.73. The minimum Gasteiger partial charge on any atom is -0.492 e. The van der Waals surface area contributed by atoms with E-state index in [1.165, 1.54) is 10.9 Å². The lowest BCUT2D eigenvalue weighted by molar-refractivity contribution is -0.136. The monoisotopic (exact) mass is 411 g/mol. The second-order valence-corrected chi connectivity index (χ2v) is 8.58. The van der Waals surface area contributed by atoms with E-state index in [0.717, 1.165) is 6.07 Å². The van der Waals surface area contributed by atoms with E-state index in [1.54, 1.807) is 13.0 Å². The van der Waals surface area contributed by atoms with Gasteiger partial charge in [-0.15, -0.1) is 0 Å². The quantitative estimate of drug-likeness (QED) is 0.808. The van der Waals surface area contributed by atoms with Crippen LogP contribution in [0.15, 0.2) is 18.3 Å². The number of alkyl halides is 3. The predicted octanol–water partition coefficient (Wildman–Crippen LogP) is 3.23.